The number of carboxylic acids is 1. The van der Waals surface area contributed by atoms with Crippen LogP contribution < -0.4 is 4.74 Å². The minimum Gasteiger partial charge on any atom is -0.497 e. The van der Waals surface area contributed by atoms with Crippen molar-refractivity contribution in [1.82, 2.24) is 9.78 Å². The number of rotatable bonds is 4. The van der Waals surface area contributed by atoms with Crippen LogP contribution >= 0.6 is 0 Å². The van der Waals surface area contributed by atoms with Crippen molar-refractivity contribution in [3.05, 3.63) is 41.7 Å². The monoisotopic (exact) mass is 288 g/mol. The highest BCUT2D eigenvalue weighted by Crippen LogP contribution is 2.28. The number of benzene rings is 1. The Labute approximate surface area is 121 Å². The summed E-state index contributed by atoms with van der Waals surface area (Å²) in [4.78, 5) is 11.4. The molecule has 1 fully saturated rings. The zero-order chi connectivity index (χ0) is 14.8. The quantitative estimate of drug-likeness (QED) is 0.932. The third-order valence-electron chi connectivity index (χ3n) is 3.63. The molecule has 1 aliphatic rings. The number of nitrogens with zero attached hydrogens (tertiary/aromatic N) is 2. The summed E-state index contributed by atoms with van der Waals surface area (Å²) in [6.45, 7) is 1.18. The van der Waals surface area contributed by atoms with Gasteiger partial charge in [0.2, 0.25) is 0 Å². The second-order valence-corrected chi connectivity index (χ2v) is 4.94. The average molecular weight is 288 g/mol. The van der Waals surface area contributed by atoms with E-state index in [1.54, 1.807) is 18.0 Å². The Morgan fingerprint density at radius 3 is 2.76 bits per heavy atom. The molecule has 1 aromatic carbocycles. The van der Waals surface area contributed by atoms with Gasteiger partial charge in [-0.2, -0.15) is 5.10 Å². The van der Waals surface area contributed by atoms with E-state index in [2.05, 4.69) is 5.10 Å². The molecule has 0 saturated carbocycles. The molecule has 6 nitrogen and oxygen atoms in total. The highest BCUT2D eigenvalue weighted by molar-refractivity contribution is 5.89. The average Bonchev–Trinajstić information content (AvgIpc) is 3.16. The predicted molar refractivity (Wildman–Crippen MR) is 75.3 cm³/mol. The molecular weight excluding hydrogens is 272 g/mol. The summed E-state index contributed by atoms with van der Waals surface area (Å²) in [5.41, 5.74) is 1.63. The van der Waals surface area contributed by atoms with Crippen molar-refractivity contribution in [2.75, 3.05) is 20.3 Å². The molecule has 1 saturated heterocycles. The maximum atomic E-state index is 11.4. The van der Waals surface area contributed by atoms with Gasteiger partial charge < -0.3 is 14.6 Å². The van der Waals surface area contributed by atoms with Crippen LogP contribution in [0, 0.1) is 0 Å². The summed E-state index contributed by atoms with van der Waals surface area (Å²) in [5, 5.41) is 13.8. The van der Waals surface area contributed by atoms with Crippen molar-refractivity contribution in [2.45, 2.75) is 12.3 Å². The molecule has 1 aliphatic heterocycles. The normalized spacial score (nSPS) is 17.9. The van der Waals surface area contributed by atoms with Gasteiger partial charge in [-0.25, -0.2) is 9.48 Å². The fourth-order valence-electron chi connectivity index (χ4n) is 2.47. The lowest BCUT2D eigenvalue weighted by molar-refractivity contribution is 0.0695. The van der Waals surface area contributed by atoms with Gasteiger partial charge in [0.25, 0.3) is 0 Å². The summed E-state index contributed by atoms with van der Waals surface area (Å²) in [7, 11) is 1.60. The first-order valence-corrected chi connectivity index (χ1v) is 6.74. The molecule has 1 unspecified atom stereocenters. The maximum absolute atomic E-state index is 11.4. The number of ether oxygens (including phenoxy) is 2. The van der Waals surface area contributed by atoms with Crippen molar-refractivity contribution in [3.63, 3.8) is 0 Å². The number of carbonyl (C=O) groups is 1. The van der Waals surface area contributed by atoms with E-state index < -0.39 is 5.97 Å². The van der Waals surface area contributed by atoms with Crippen LogP contribution in [0.4, 0.5) is 0 Å². The predicted octanol–water partition coefficient (Wildman–Crippen LogP) is 2.08. The summed E-state index contributed by atoms with van der Waals surface area (Å²) in [5.74, 6) is -0.166. The Kier molecular flexibility index (Phi) is 3.62. The van der Waals surface area contributed by atoms with E-state index in [-0.39, 0.29) is 11.5 Å². The molecule has 0 bridgehead atoms. The highest BCUT2D eigenvalue weighted by Gasteiger charge is 2.27. The van der Waals surface area contributed by atoms with Gasteiger partial charge in [0.05, 0.1) is 25.1 Å². The topological polar surface area (TPSA) is 73.6 Å². The van der Waals surface area contributed by atoms with Gasteiger partial charge in [0.1, 0.15) is 11.3 Å². The SMILES string of the molecule is COc1ccc(-n2cc(C(=O)O)c(C3CCOC3)n2)cc1. The minimum absolute atomic E-state index is 0.0515. The Morgan fingerprint density at radius 2 is 2.19 bits per heavy atom. The van der Waals surface area contributed by atoms with Crippen LogP contribution in [0.5, 0.6) is 5.75 Å². The molecule has 2 aromatic rings. The molecule has 6 heteroatoms. The first kappa shape index (κ1) is 13.6. The lowest BCUT2D eigenvalue weighted by atomic mass is 10.0. The molecule has 3 rings (SSSR count). The summed E-state index contributed by atoms with van der Waals surface area (Å²) >= 11 is 0. The molecule has 1 N–H and O–H groups in total. The molecule has 1 aromatic heterocycles. The molecule has 0 aliphatic carbocycles. The number of aromatic nitrogens is 2. The number of hydrogen-bond donors (Lipinski definition) is 1. The van der Waals surface area contributed by atoms with Crippen molar-refractivity contribution in [1.29, 1.82) is 0 Å². The fraction of sp³-hybridized carbons (Fsp3) is 0.333. The van der Waals surface area contributed by atoms with Crippen molar-refractivity contribution >= 4 is 5.97 Å². The van der Waals surface area contributed by atoms with Crippen LogP contribution in [0.1, 0.15) is 28.4 Å². The van der Waals surface area contributed by atoms with E-state index in [4.69, 9.17) is 9.47 Å². The van der Waals surface area contributed by atoms with E-state index in [9.17, 15) is 9.90 Å². The second-order valence-electron chi connectivity index (χ2n) is 4.94. The van der Waals surface area contributed by atoms with Crippen molar-refractivity contribution < 1.29 is 19.4 Å². The van der Waals surface area contributed by atoms with Crippen LogP contribution in [0.15, 0.2) is 30.5 Å². The van der Waals surface area contributed by atoms with E-state index >= 15 is 0 Å². The molecule has 1 atom stereocenters. The van der Waals surface area contributed by atoms with Gasteiger partial charge in [-0.05, 0) is 30.7 Å². The van der Waals surface area contributed by atoms with Gasteiger partial charge in [0, 0.05) is 18.7 Å². The minimum atomic E-state index is -0.961. The van der Waals surface area contributed by atoms with Gasteiger partial charge in [-0.1, -0.05) is 0 Å². The van der Waals surface area contributed by atoms with E-state index in [0.29, 0.717) is 18.9 Å². The lowest BCUT2D eigenvalue weighted by Gasteiger charge is -2.05. The smallest absolute Gasteiger partial charge is 0.339 e. The lowest BCUT2D eigenvalue weighted by Crippen LogP contribution is -2.06. The Morgan fingerprint density at radius 1 is 1.43 bits per heavy atom. The molecule has 21 heavy (non-hydrogen) atoms. The van der Waals surface area contributed by atoms with Crippen LogP contribution in [-0.4, -0.2) is 41.2 Å². The van der Waals surface area contributed by atoms with Gasteiger partial charge >= 0.3 is 5.97 Å². The molecule has 0 radical (unpaired) electrons. The molecule has 110 valence electrons. The zero-order valence-corrected chi connectivity index (χ0v) is 11.7. The van der Waals surface area contributed by atoms with Crippen LogP contribution in [0.25, 0.3) is 5.69 Å². The first-order valence-electron chi connectivity index (χ1n) is 6.74. The second kappa shape index (κ2) is 5.57. The molecule has 0 amide bonds. The third kappa shape index (κ3) is 2.62. The zero-order valence-electron chi connectivity index (χ0n) is 11.7. The number of methoxy groups -OCH3 is 1. The largest absolute Gasteiger partial charge is 0.497 e. The number of carboxylic acid groups (broad SMARTS) is 1. The van der Waals surface area contributed by atoms with Crippen LogP contribution in [-0.2, 0) is 4.74 Å². The van der Waals surface area contributed by atoms with E-state index in [1.165, 1.54) is 0 Å². The van der Waals surface area contributed by atoms with Gasteiger partial charge in [-0.15, -0.1) is 0 Å². The standard InChI is InChI=1S/C15H16N2O4/c1-20-12-4-2-11(3-5-12)17-8-13(15(18)19)14(16-17)10-6-7-21-9-10/h2-5,8,10H,6-7,9H2,1H3,(H,18,19). The molecular formula is C15H16N2O4. The summed E-state index contributed by atoms with van der Waals surface area (Å²) < 4.78 is 12.0. The van der Waals surface area contributed by atoms with Crippen molar-refractivity contribution in [2.24, 2.45) is 0 Å². The highest BCUT2D eigenvalue weighted by atomic mass is 16.5. The first-order chi connectivity index (χ1) is 10.2. The van der Waals surface area contributed by atoms with Crippen LogP contribution in [0.3, 0.4) is 0 Å². The van der Waals surface area contributed by atoms with Gasteiger partial charge in [0.15, 0.2) is 0 Å². The Balaban J connectivity index is 1.98. The maximum Gasteiger partial charge on any atom is 0.339 e. The van der Waals surface area contributed by atoms with Crippen LogP contribution in [0.2, 0.25) is 0 Å². The molecule has 2 heterocycles. The van der Waals surface area contributed by atoms with Gasteiger partial charge in [-0.3, -0.25) is 0 Å². The Hall–Kier alpha value is -2.34. The number of hydrogen-bond acceptors (Lipinski definition) is 4. The summed E-state index contributed by atoms with van der Waals surface area (Å²) in [6.07, 6.45) is 2.36. The van der Waals surface area contributed by atoms with E-state index in [1.807, 2.05) is 24.3 Å². The Bertz CT molecular complexity index is 642. The fourth-order valence-corrected chi connectivity index (χ4v) is 2.47. The van der Waals surface area contributed by atoms with Crippen molar-refractivity contribution in [3.8, 4) is 11.4 Å². The molecule has 0 spiro atoms. The van der Waals surface area contributed by atoms with E-state index in [0.717, 1.165) is 17.9 Å². The third-order valence-corrected chi connectivity index (χ3v) is 3.63. The summed E-state index contributed by atoms with van der Waals surface area (Å²) in [6, 6.07) is 7.31. The number of aromatic carboxylic acids is 1.